The van der Waals surface area contributed by atoms with Gasteiger partial charge in [0.15, 0.2) is 16.6 Å². The van der Waals surface area contributed by atoms with Crippen LogP contribution in [0, 0.1) is 0 Å². The van der Waals surface area contributed by atoms with Crippen LogP contribution in [0.3, 0.4) is 0 Å². The first-order valence-corrected chi connectivity index (χ1v) is 8.14. The molecule has 3 aromatic rings. The van der Waals surface area contributed by atoms with Gasteiger partial charge in [0.25, 0.3) is 5.91 Å². The highest BCUT2D eigenvalue weighted by Gasteiger charge is 2.27. The number of ether oxygens (including phenoxy) is 2. The van der Waals surface area contributed by atoms with E-state index in [1.54, 1.807) is 18.2 Å². The van der Waals surface area contributed by atoms with Crippen LogP contribution in [0.25, 0.3) is 10.2 Å². The van der Waals surface area contributed by atoms with Gasteiger partial charge in [-0.3, -0.25) is 10.1 Å². The number of carbonyl (C=O) groups excluding carboxylic acids is 1. The van der Waals surface area contributed by atoms with Crippen molar-refractivity contribution in [2.45, 2.75) is 6.10 Å². The largest absolute Gasteiger partial charge is 0.485 e. The third-order valence-electron chi connectivity index (χ3n) is 3.38. The number of thiazole rings is 1. The molecule has 1 aliphatic rings. The molecular formula is C16H11ClN2O3S. The van der Waals surface area contributed by atoms with Crippen LogP contribution in [-0.2, 0) is 4.79 Å². The predicted molar refractivity (Wildman–Crippen MR) is 89.6 cm³/mol. The minimum absolute atomic E-state index is 0.166. The van der Waals surface area contributed by atoms with Gasteiger partial charge in [-0.2, -0.15) is 0 Å². The van der Waals surface area contributed by atoms with Gasteiger partial charge in [0.1, 0.15) is 6.61 Å². The SMILES string of the molecule is O=C(Nc1nc2ccc(Cl)cc2s1)[C@H]1COc2ccccc2O1. The highest BCUT2D eigenvalue weighted by Crippen LogP contribution is 2.32. The number of anilines is 1. The summed E-state index contributed by atoms with van der Waals surface area (Å²) < 4.78 is 12.1. The first-order chi connectivity index (χ1) is 11.2. The average Bonchev–Trinajstić information content (AvgIpc) is 2.95. The molecule has 116 valence electrons. The molecule has 0 saturated heterocycles. The predicted octanol–water partition coefficient (Wildman–Crippen LogP) is 3.73. The van der Waals surface area contributed by atoms with Crippen molar-refractivity contribution in [2.24, 2.45) is 0 Å². The number of nitrogens with zero attached hydrogens (tertiary/aromatic N) is 1. The lowest BCUT2D eigenvalue weighted by Gasteiger charge is -2.25. The number of aromatic nitrogens is 1. The van der Waals surface area contributed by atoms with E-state index in [4.69, 9.17) is 21.1 Å². The van der Waals surface area contributed by atoms with E-state index in [9.17, 15) is 4.79 Å². The summed E-state index contributed by atoms with van der Waals surface area (Å²) in [6, 6.07) is 12.7. The van der Waals surface area contributed by atoms with Crippen molar-refractivity contribution in [1.82, 2.24) is 4.98 Å². The second-order valence-corrected chi connectivity index (χ2v) is 6.45. The molecule has 2 aromatic carbocycles. The summed E-state index contributed by atoms with van der Waals surface area (Å²) in [7, 11) is 0. The molecule has 5 nitrogen and oxygen atoms in total. The Hall–Kier alpha value is -2.31. The van der Waals surface area contributed by atoms with E-state index in [1.165, 1.54) is 11.3 Å². The Morgan fingerprint density at radius 2 is 2.09 bits per heavy atom. The summed E-state index contributed by atoms with van der Waals surface area (Å²) in [5.74, 6) is 0.922. The molecule has 0 aliphatic carbocycles. The van der Waals surface area contributed by atoms with Gasteiger partial charge in [-0.15, -0.1) is 0 Å². The van der Waals surface area contributed by atoms with Crippen molar-refractivity contribution in [1.29, 1.82) is 0 Å². The first-order valence-electron chi connectivity index (χ1n) is 6.94. The van der Waals surface area contributed by atoms with E-state index in [0.29, 0.717) is 21.7 Å². The van der Waals surface area contributed by atoms with Crippen LogP contribution in [0.5, 0.6) is 11.5 Å². The quantitative estimate of drug-likeness (QED) is 0.768. The van der Waals surface area contributed by atoms with Crippen LogP contribution >= 0.6 is 22.9 Å². The summed E-state index contributed by atoms with van der Waals surface area (Å²) in [4.78, 5) is 16.7. The molecule has 0 fully saturated rings. The number of benzene rings is 2. The molecule has 1 aromatic heterocycles. The van der Waals surface area contributed by atoms with Crippen molar-refractivity contribution in [3.63, 3.8) is 0 Å². The van der Waals surface area contributed by atoms with Crippen LogP contribution in [0.4, 0.5) is 5.13 Å². The Bertz CT molecular complexity index is 896. The topological polar surface area (TPSA) is 60.5 Å². The van der Waals surface area contributed by atoms with Gasteiger partial charge in [-0.05, 0) is 30.3 Å². The Kier molecular flexibility index (Phi) is 3.55. The Balaban J connectivity index is 1.51. The van der Waals surface area contributed by atoms with Crippen molar-refractivity contribution >= 4 is 44.2 Å². The van der Waals surface area contributed by atoms with Crippen LogP contribution < -0.4 is 14.8 Å². The number of fused-ring (bicyclic) bond motifs is 2. The lowest BCUT2D eigenvalue weighted by atomic mass is 10.2. The van der Waals surface area contributed by atoms with Gasteiger partial charge in [0.05, 0.1) is 10.2 Å². The molecule has 1 aliphatic heterocycles. The number of hydrogen-bond acceptors (Lipinski definition) is 5. The van der Waals surface area contributed by atoms with Gasteiger partial charge in [-0.1, -0.05) is 35.1 Å². The first kappa shape index (κ1) is 14.3. The van der Waals surface area contributed by atoms with E-state index >= 15 is 0 Å². The zero-order valence-corrected chi connectivity index (χ0v) is 13.4. The highest BCUT2D eigenvalue weighted by atomic mass is 35.5. The van der Waals surface area contributed by atoms with Crippen molar-refractivity contribution < 1.29 is 14.3 Å². The number of carbonyl (C=O) groups is 1. The second kappa shape index (κ2) is 5.72. The fourth-order valence-electron chi connectivity index (χ4n) is 2.29. The monoisotopic (exact) mass is 346 g/mol. The minimum atomic E-state index is -0.708. The molecule has 0 radical (unpaired) electrons. The van der Waals surface area contributed by atoms with E-state index in [1.807, 2.05) is 24.3 Å². The molecule has 2 heterocycles. The molecule has 23 heavy (non-hydrogen) atoms. The third kappa shape index (κ3) is 2.83. The van der Waals surface area contributed by atoms with Gasteiger partial charge in [0.2, 0.25) is 6.10 Å². The second-order valence-electron chi connectivity index (χ2n) is 4.98. The lowest BCUT2D eigenvalue weighted by Crippen LogP contribution is -2.40. The van der Waals surface area contributed by atoms with E-state index in [0.717, 1.165) is 10.2 Å². The normalized spacial score (nSPS) is 16.3. The maximum Gasteiger partial charge on any atom is 0.270 e. The fraction of sp³-hybridized carbons (Fsp3) is 0.125. The Labute approximate surface area is 140 Å². The number of amides is 1. The number of hydrogen-bond donors (Lipinski definition) is 1. The van der Waals surface area contributed by atoms with Gasteiger partial charge >= 0.3 is 0 Å². The molecule has 1 amide bonds. The van der Waals surface area contributed by atoms with Gasteiger partial charge < -0.3 is 9.47 Å². The third-order valence-corrected chi connectivity index (χ3v) is 4.55. The summed E-state index contributed by atoms with van der Waals surface area (Å²) in [5, 5.41) is 3.92. The van der Waals surface area contributed by atoms with Crippen molar-refractivity contribution in [2.75, 3.05) is 11.9 Å². The molecule has 0 saturated carbocycles. The number of para-hydroxylation sites is 2. The highest BCUT2D eigenvalue weighted by molar-refractivity contribution is 7.22. The van der Waals surface area contributed by atoms with Crippen LogP contribution in [-0.4, -0.2) is 23.6 Å². The molecule has 0 bridgehead atoms. The zero-order valence-electron chi connectivity index (χ0n) is 11.8. The summed E-state index contributed by atoms with van der Waals surface area (Å²) in [5.41, 5.74) is 0.792. The number of rotatable bonds is 2. The van der Waals surface area contributed by atoms with Crippen molar-refractivity contribution in [3.8, 4) is 11.5 Å². The standard InChI is InChI=1S/C16H11ClN2O3S/c17-9-5-6-10-14(7-9)23-16(18-10)19-15(20)13-8-21-11-3-1-2-4-12(11)22-13/h1-7,13H,8H2,(H,18,19,20)/t13-/m1/s1. The minimum Gasteiger partial charge on any atom is -0.485 e. The maximum absolute atomic E-state index is 12.3. The summed E-state index contributed by atoms with van der Waals surface area (Å²) >= 11 is 7.32. The molecule has 1 atom stereocenters. The summed E-state index contributed by atoms with van der Waals surface area (Å²) in [6.45, 7) is 0.166. The van der Waals surface area contributed by atoms with E-state index in [2.05, 4.69) is 10.3 Å². The molecule has 1 N–H and O–H groups in total. The van der Waals surface area contributed by atoms with E-state index in [-0.39, 0.29) is 12.5 Å². The van der Waals surface area contributed by atoms with E-state index < -0.39 is 6.10 Å². The fourth-order valence-corrected chi connectivity index (χ4v) is 3.43. The van der Waals surface area contributed by atoms with Crippen LogP contribution in [0.1, 0.15) is 0 Å². The summed E-state index contributed by atoms with van der Waals surface area (Å²) in [6.07, 6.45) is -0.708. The van der Waals surface area contributed by atoms with Gasteiger partial charge in [-0.25, -0.2) is 4.98 Å². The molecule has 0 spiro atoms. The number of nitrogens with one attached hydrogen (secondary N) is 1. The maximum atomic E-state index is 12.3. The smallest absolute Gasteiger partial charge is 0.270 e. The molecule has 4 rings (SSSR count). The molecular weight excluding hydrogens is 336 g/mol. The van der Waals surface area contributed by atoms with Crippen LogP contribution in [0.2, 0.25) is 5.02 Å². The zero-order chi connectivity index (χ0) is 15.8. The van der Waals surface area contributed by atoms with Gasteiger partial charge in [0, 0.05) is 5.02 Å². The van der Waals surface area contributed by atoms with Crippen LogP contribution in [0.15, 0.2) is 42.5 Å². The molecule has 7 heteroatoms. The lowest BCUT2D eigenvalue weighted by molar-refractivity contribution is -0.125. The average molecular weight is 347 g/mol. The number of halogens is 1. The Morgan fingerprint density at radius 1 is 1.26 bits per heavy atom. The molecule has 0 unspecified atom stereocenters. The Morgan fingerprint density at radius 3 is 2.96 bits per heavy atom. The van der Waals surface area contributed by atoms with Crippen molar-refractivity contribution in [3.05, 3.63) is 47.5 Å².